The lowest BCUT2D eigenvalue weighted by atomic mass is 9.98. The number of alkyl halides is 3. The molecule has 0 saturated carbocycles. The zero-order chi connectivity index (χ0) is 21.7. The van der Waals surface area contributed by atoms with E-state index in [1.165, 1.54) is 28.9 Å². The van der Waals surface area contributed by atoms with Gasteiger partial charge in [-0.1, -0.05) is 0 Å². The Morgan fingerprint density at radius 1 is 1.03 bits per heavy atom. The lowest BCUT2D eigenvalue weighted by molar-refractivity contribution is -0.0496. The van der Waals surface area contributed by atoms with E-state index >= 15 is 0 Å². The quantitative estimate of drug-likeness (QED) is 0.582. The molecule has 11 heteroatoms. The highest BCUT2D eigenvalue weighted by atomic mass is 32.2. The molecule has 3 heterocycles. The van der Waals surface area contributed by atoms with Crippen LogP contribution in [0.2, 0.25) is 0 Å². The molecule has 0 saturated heterocycles. The SMILES string of the molecule is Cc1cc(-c2c(-c3ccc(F)cc3)nn3c2CN(S(=O)(=O)C(F)(F)F)CC3)ccn1. The van der Waals surface area contributed by atoms with Crippen molar-refractivity contribution in [3.63, 3.8) is 0 Å². The van der Waals surface area contributed by atoms with Crippen LogP contribution in [-0.4, -0.2) is 39.5 Å². The van der Waals surface area contributed by atoms with Gasteiger partial charge in [-0.05, 0) is 48.9 Å². The van der Waals surface area contributed by atoms with Gasteiger partial charge in [-0.15, -0.1) is 0 Å². The fraction of sp³-hybridized carbons (Fsp3) is 0.263. The number of rotatable bonds is 3. The summed E-state index contributed by atoms with van der Waals surface area (Å²) in [5.74, 6) is -0.438. The highest BCUT2D eigenvalue weighted by Crippen LogP contribution is 2.38. The standard InChI is InChI=1S/C19H16F4N4O2S/c1-12-10-14(6-7-24-12)17-16-11-26(30(28,29)19(21,22)23)8-9-27(16)25-18(17)13-2-4-15(20)5-3-13/h2-7,10H,8-9,11H2,1H3. The second-order valence-electron chi connectivity index (χ2n) is 6.87. The number of benzene rings is 1. The lowest BCUT2D eigenvalue weighted by Gasteiger charge is -2.28. The van der Waals surface area contributed by atoms with Crippen LogP contribution in [0.25, 0.3) is 22.4 Å². The fourth-order valence-electron chi connectivity index (χ4n) is 3.46. The van der Waals surface area contributed by atoms with Crippen LogP contribution in [0, 0.1) is 12.7 Å². The van der Waals surface area contributed by atoms with Crippen molar-refractivity contribution in [1.82, 2.24) is 19.1 Å². The van der Waals surface area contributed by atoms with Crippen molar-refractivity contribution in [2.45, 2.75) is 25.5 Å². The van der Waals surface area contributed by atoms with Crippen molar-refractivity contribution in [3.05, 3.63) is 59.8 Å². The molecule has 0 atom stereocenters. The molecular weight excluding hydrogens is 424 g/mol. The number of aromatic nitrogens is 3. The smallest absolute Gasteiger partial charge is 0.266 e. The van der Waals surface area contributed by atoms with Crippen LogP contribution >= 0.6 is 0 Å². The molecule has 0 aliphatic carbocycles. The minimum atomic E-state index is -5.48. The molecule has 0 spiro atoms. The molecular formula is C19H16F4N4O2S. The summed E-state index contributed by atoms with van der Waals surface area (Å²) < 4.78 is 78.5. The predicted molar refractivity (Wildman–Crippen MR) is 101 cm³/mol. The van der Waals surface area contributed by atoms with Crippen LogP contribution in [0.5, 0.6) is 0 Å². The highest BCUT2D eigenvalue weighted by molar-refractivity contribution is 7.89. The summed E-state index contributed by atoms with van der Waals surface area (Å²) in [6.45, 7) is 0.890. The van der Waals surface area contributed by atoms with Gasteiger partial charge in [0.15, 0.2) is 0 Å². The Labute approximate surface area is 169 Å². The summed E-state index contributed by atoms with van der Waals surface area (Å²) in [4.78, 5) is 4.13. The van der Waals surface area contributed by atoms with E-state index < -0.39 is 27.9 Å². The normalized spacial score (nSPS) is 15.2. The van der Waals surface area contributed by atoms with E-state index in [0.717, 1.165) is 0 Å². The zero-order valence-electron chi connectivity index (χ0n) is 15.7. The van der Waals surface area contributed by atoms with Crippen LogP contribution in [0.3, 0.4) is 0 Å². The van der Waals surface area contributed by atoms with Gasteiger partial charge in [0.05, 0.1) is 18.8 Å². The highest BCUT2D eigenvalue weighted by Gasteiger charge is 2.51. The number of aryl methyl sites for hydroxylation is 1. The van der Waals surface area contributed by atoms with Gasteiger partial charge in [0, 0.05) is 29.6 Å². The molecule has 0 radical (unpaired) electrons. The summed E-state index contributed by atoms with van der Waals surface area (Å²) >= 11 is 0. The number of pyridine rings is 1. The van der Waals surface area contributed by atoms with Gasteiger partial charge >= 0.3 is 15.5 Å². The number of hydrogen-bond donors (Lipinski definition) is 0. The van der Waals surface area contributed by atoms with Crippen LogP contribution in [-0.2, 0) is 23.1 Å². The van der Waals surface area contributed by atoms with E-state index in [9.17, 15) is 26.0 Å². The molecule has 1 aromatic carbocycles. The lowest BCUT2D eigenvalue weighted by Crippen LogP contribution is -2.44. The van der Waals surface area contributed by atoms with Gasteiger partial charge in [-0.3, -0.25) is 9.67 Å². The third-order valence-electron chi connectivity index (χ3n) is 4.88. The first-order valence-corrected chi connectivity index (χ1v) is 10.4. The average Bonchev–Trinajstić information content (AvgIpc) is 3.06. The van der Waals surface area contributed by atoms with E-state index in [-0.39, 0.29) is 13.1 Å². The van der Waals surface area contributed by atoms with Gasteiger partial charge in [0.2, 0.25) is 0 Å². The first-order valence-electron chi connectivity index (χ1n) is 8.93. The fourth-order valence-corrected chi connectivity index (χ4v) is 4.37. The first kappa shape index (κ1) is 20.5. The maximum atomic E-state index is 13.4. The van der Waals surface area contributed by atoms with E-state index in [1.54, 1.807) is 25.3 Å². The number of fused-ring (bicyclic) bond motifs is 1. The summed E-state index contributed by atoms with van der Waals surface area (Å²) in [7, 11) is -5.48. The Bertz CT molecular complexity index is 1200. The van der Waals surface area contributed by atoms with Crippen LogP contribution < -0.4 is 0 Å². The van der Waals surface area contributed by atoms with Crippen molar-refractivity contribution >= 4 is 10.0 Å². The van der Waals surface area contributed by atoms with Gasteiger partial charge in [0.25, 0.3) is 0 Å². The van der Waals surface area contributed by atoms with Crippen molar-refractivity contribution in [1.29, 1.82) is 0 Å². The summed E-state index contributed by atoms with van der Waals surface area (Å²) in [5, 5.41) is 4.51. The van der Waals surface area contributed by atoms with E-state index in [4.69, 9.17) is 0 Å². The summed E-state index contributed by atoms with van der Waals surface area (Å²) in [6, 6.07) is 8.97. The Morgan fingerprint density at radius 2 is 1.73 bits per heavy atom. The van der Waals surface area contributed by atoms with Crippen LogP contribution in [0.4, 0.5) is 17.6 Å². The van der Waals surface area contributed by atoms with Gasteiger partial charge in [-0.2, -0.15) is 22.6 Å². The molecule has 0 fully saturated rings. The van der Waals surface area contributed by atoms with E-state index in [1.807, 2.05) is 0 Å². The zero-order valence-corrected chi connectivity index (χ0v) is 16.5. The molecule has 0 bridgehead atoms. The van der Waals surface area contributed by atoms with Crippen LogP contribution in [0.15, 0.2) is 42.6 Å². The molecule has 0 unspecified atom stereocenters. The predicted octanol–water partition coefficient (Wildman–Crippen LogP) is 3.72. The third-order valence-corrected chi connectivity index (χ3v) is 6.46. The van der Waals surface area contributed by atoms with Crippen LogP contribution in [0.1, 0.15) is 11.4 Å². The number of halogens is 4. The maximum Gasteiger partial charge on any atom is 0.511 e. The summed E-state index contributed by atoms with van der Waals surface area (Å²) in [5.41, 5.74) is -2.26. The molecule has 0 amide bonds. The van der Waals surface area contributed by atoms with E-state index in [0.29, 0.717) is 38.1 Å². The molecule has 0 N–H and O–H groups in total. The molecule has 3 aromatic rings. The molecule has 2 aromatic heterocycles. The molecule has 1 aliphatic heterocycles. The molecule has 30 heavy (non-hydrogen) atoms. The minimum absolute atomic E-state index is 0.0388. The van der Waals surface area contributed by atoms with Crippen molar-refractivity contribution in [2.75, 3.05) is 6.54 Å². The Balaban J connectivity index is 1.89. The number of sulfonamides is 1. The number of nitrogens with zero attached hydrogens (tertiary/aromatic N) is 4. The van der Waals surface area contributed by atoms with Gasteiger partial charge < -0.3 is 0 Å². The average molecular weight is 440 g/mol. The van der Waals surface area contributed by atoms with Gasteiger partial charge in [0.1, 0.15) is 11.5 Å². The monoisotopic (exact) mass is 440 g/mol. The van der Waals surface area contributed by atoms with Gasteiger partial charge in [-0.25, -0.2) is 12.8 Å². The Hall–Kier alpha value is -2.79. The van der Waals surface area contributed by atoms with E-state index in [2.05, 4.69) is 10.1 Å². The Morgan fingerprint density at radius 3 is 2.37 bits per heavy atom. The minimum Gasteiger partial charge on any atom is -0.266 e. The second-order valence-corrected chi connectivity index (χ2v) is 8.80. The summed E-state index contributed by atoms with van der Waals surface area (Å²) in [6.07, 6.45) is 1.55. The number of hydrogen-bond acceptors (Lipinski definition) is 4. The molecule has 1 aliphatic rings. The second kappa shape index (κ2) is 7.17. The molecule has 6 nitrogen and oxygen atoms in total. The first-order chi connectivity index (χ1) is 14.1. The largest absolute Gasteiger partial charge is 0.511 e. The van der Waals surface area contributed by atoms with Crippen molar-refractivity contribution in [2.24, 2.45) is 0 Å². The molecule has 158 valence electrons. The van der Waals surface area contributed by atoms with Crippen molar-refractivity contribution in [3.8, 4) is 22.4 Å². The Kier molecular flexibility index (Phi) is 4.89. The molecule has 4 rings (SSSR count). The third kappa shape index (κ3) is 3.47. The maximum absolute atomic E-state index is 13.4. The van der Waals surface area contributed by atoms with Crippen molar-refractivity contribution < 1.29 is 26.0 Å². The topological polar surface area (TPSA) is 68.1 Å².